The lowest BCUT2D eigenvalue weighted by atomic mass is 10.1. The van der Waals surface area contributed by atoms with Crippen LogP contribution in [-0.2, 0) is 10.0 Å². The maximum absolute atomic E-state index is 11.2. The normalized spacial score (nSPS) is 20.4. The SMILES string of the molecule is CC(C)CN1CC(N(C)S(C)(=O)=O)C1. The average Bonchev–Trinajstić information content (AvgIpc) is 1.92. The van der Waals surface area contributed by atoms with E-state index in [-0.39, 0.29) is 6.04 Å². The maximum atomic E-state index is 11.2. The van der Waals surface area contributed by atoms with Gasteiger partial charge in [-0.25, -0.2) is 8.42 Å². The summed E-state index contributed by atoms with van der Waals surface area (Å²) in [5.74, 6) is 0.652. The lowest BCUT2D eigenvalue weighted by Gasteiger charge is -2.43. The zero-order valence-corrected chi connectivity index (χ0v) is 10.2. The first-order valence-electron chi connectivity index (χ1n) is 4.96. The first-order chi connectivity index (χ1) is 6.30. The summed E-state index contributed by atoms with van der Waals surface area (Å²) in [4.78, 5) is 2.29. The molecule has 0 aromatic carbocycles. The third-order valence-corrected chi connectivity index (χ3v) is 3.94. The van der Waals surface area contributed by atoms with Crippen LogP contribution >= 0.6 is 0 Å². The Kier molecular flexibility index (Phi) is 3.55. The van der Waals surface area contributed by atoms with Crippen molar-refractivity contribution in [2.75, 3.05) is 32.9 Å². The summed E-state index contributed by atoms with van der Waals surface area (Å²) < 4.78 is 23.9. The Morgan fingerprint density at radius 3 is 2.29 bits per heavy atom. The fourth-order valence-corrected chi connectivity index (χ4v) is 2.38. The number of likely N-dealkylation sites (tertiary alicyclic amines) is 1. The number of rotatable bonds is 4. The van der Waals surface area contributed by atoms with Gasteiger partial charge in [0.2, 0.25) is 10.0 Å². The zero-order chi connectivity index (χ0) is 10.9. The van der Waals surface area contributed by atoms with Gasteiger partial charge in [0.15, 0.2) is 0 Å². The number of nitrogens with zero attached hydrogens (tertiary/aromatic N) is 2. The largest absolute Gasteiger partial charge is 0.300 e. The summed E-state index contributed by atoms with van der Waals surface area (Å²) in [6.45, 7) is 7.17. The van der Waals surface area contributed by atoms with E-state index in [1.165, 1.54) is 10.6 Å². The van der Waals surface area contributed by atoms with E-state index in [1.54, 1.807) is 7.05 Å². The van der Waals surface area contributed by atoms with Gasteiger partial charge < -0.3 is 0 Å². The molecule has 84 valence electrons. The zero-order valence-electron chi connectivity index (χ0n) is 9.40. The molecule has 1 fully saturated rings. The van der Waals surface area contributed by atoms with Crippen molar-refractivity contribution < 1.29 is 8.42 Å². The molecule has 14 heavy (non-hydrogen) atoms. The van der Waals surface area contributed by atoms with Gasteiger partial charge in [-0.1, -0.05) is 13.8 Å². The van der Waals surface area contributed by atoms with E-state index in [4.69, 9.17) is 0 Å². The van der Waals surface area contributed by atoms with Crippen molar-refractivity contribution in [2.45, 2.75) is 19.9 Å². The van der Waals surface area contributed by atoms with E-state index in [0.29, 0.717) is 5.92 Å². The highest BCUT2D eigenvalue weighted by atomic mass is 32.2. The Labute approximate surface area is 86.9 Å². The van der Waals surface area contributed by atoms with Crippen LogP contribution < -0.4 is 0 Å². The Hall–Kier alpha value is -0.130. The van der Waals surface area contributed by atoms with Crippen LogP contribution in [0.3, 0.4) is 0 Å². The van der Waals surface area contributed by atoms with Crippen LogP contribution in [0.1, 0.15) is 13.8 Å². The summed E-state index contributed by atoms with van der Waals surface area (Å²) >= 11 is 0. The van der Waals surface area contributed by atoms with Crippen LogP contribution in [0.15, 0.2) is 0 Å². The van der Waals surface area contributed by atoms with Gasteiger partial charge in [0.05, 0.1) is 6.26 Å². The third-order valence-electron chi connectivity index (χ3n) is 2.60. The van der Waals surface area contributed by atoms with E-state index in [0.717, 1.165) is 19.6 Å². The predicted molar refractivity (Wildman–Crippen MR) is 57.7 cm³/mol. The Morgan fingerprint density at radius 1 is 1.43 bits per heavy atom. The first kappa shape index (κ1) is 11.9. The van der Waals surface area contributed by atoms with Gasteiger partial charge >= 0.3 is 0 Å². The van der Waals surface area contributed by atoms with Crippen molar-refractivity contribution >= 4 is 10.0 Å². The number of sulfonamides is 1. The fourth-order valence-electron chi connectivity index (χ4n) is 1.71. The third kappa shape index (κ3) is 2.93. The molecule has 0 spiro atoms. The van der Waals surface area contributed by atoms with Crippen molar-refractivity contribution in [3.05, 3.63) is 0 Å². The van der Waals surface area contributed by atoms with Crippen molar-refractivity contribution in [1.29, 1.82) is 0 Å². The van der Waals surface area contributed by atoms with Crippen LogP contribution in [0.5, 0.6) is 0 Å². The van der Waals surface area contributed by atoms with Gasteiger partial charge in [-0.05, 0) is 5.92 Å². The van der Waals surface area contributed by atoms with Gasteiger partial charge in [-0.3, -0.25) is 4.90 Å². The van der Waals surface area contributed by atoms with Crippen LogP contribution in [0.25, 0.3) is 0 Å². The minimum absolute atomic E-state index is 0.184. The minimum atomic E-state index is -3.01. The van der Waals surface area contributed by atoms with Gasteiger partial charge in [0.25, 0.3) is 0 Å². The molecule has 0 unspecified atom stereocenters. The minimum Gasteiger partial charge on any atom is -0.300 e. The van der Waals surface area contributed by atoms with E-state index < -0.39 is 10.0 Å². The van der Waals surface area contributed by atoms with Crippen molar-refractivity contribution in [2.24, 2.45) is 5.92 Å². The van der Waals surface area contributed by atoms with E-state index in [2.05, 4.69) is 18.7 Å². The molecule has 0 radical (unpaired) electrons. The summed E-state index contributed by atoms with van der Waals surface area (Å²) in [6.07, 6.45) is 1.26. The van der Waals surface area contributed by atoms with Gasteiger partial charge in [0.1, 0.15) is 0 Å². The van der Waals surface area contributed by atoms with Crippen molar-refractivity contribution in [3.8, 4) is 0 Å². The highest BCUT2D eigenvalue weighted by Gasteiger charge is 2.33. The standard InChI is InChI=1S/C9H20N2O2S/c1-8(2)5-11-6-9(7-11)10(3)14(4,12)13/h8-9H,5-7H2,1-4H3. The van der Waals surface area contributed by atoms with Crippen LogP contribution in [0.4, 0.5) is 0 Å². The molecule has 0 aliphatic carbocycles. The Bertz CT molecular complexity index is 281. The number of likely N-dealkylation sites (N-methyl/N-ethyl adjacent to an activating group) is 1. The quantitative estimate of drug-likeness (QED) is 0.680. The molecular formula is C9H20N2O2S. The smallest absolute Gasteiger partial charge is 0.211 e. The van der Waals surface area contributed by atoms with Gasteiger partial charge in [-0.2, -0.15) is 4.31 Å². The first-order valence-corrected chi connectivity index (χ1v) is 6.81. The molecule has 5 heteroatoms. The Morgan fingerprint density at radius 2 is 1.93 bits per heavy atom. The van der Waals surface area contributed by atoms with Gasteiger partial charge in [0, 0.05) is 32.7 Å². The molecule has 0 aromatic rings. The molecule has 1 aliphatic rings. The molecule has 0 N–H and O–H groups in total. The molecule has 0 atom stereocenters. The molecule has 0 amide bonds. The molecular weight excluding hydrogens is 200 g/mol. The highest BCUT2D eigenvalue weighted by Crippen LogP contribution is 2.16. The Balaban J connectivity index is 2.35. The van der Waals surface area contributed by atoms with E-state index in [9.17, 15) is 8.42 Å². The van der Waals surface area contributed by atoms with E-state index in [1.807, 2.05) is 0 Å². The average molecular weight is 220 g/mol. The molecule has 1 aliphatic heterocycles. The molecule has 0 bridgehead atoms. The lowest BCUT2D eigenvalue weighted by molar-refractivity contribution is 0.0790. The molecule has 0 saturated carbocycles. The van der Waals surface area contributed by atoms with Crippen molar-refractivity contribution in [1.82, 2.24) is 9.21 Å². The topological polar surface area (TPSA) is 40.6 Å². The molecule has 1 saturated heterocycles. The van der Waals surface area contributed by atoms with Crippen LogP contribution in [0.2, 0.25) is 0 Å². The summed E-state index contributed by atoms with van der Waals surface area (Å²) in [7, 11) is -1.35. The summed E-state index contributed by atoms with van der Waals surface area (Å²) in [5.41, 5.74) is 0. The van der Waals surface area contributed by atoms with Crippen LogP contribution in [0, 0.1) is 5.92 Å². The molecule has 1 heterocycles. The summed E-state index contributed by atoms with van der Waals surface area (Å²) in [6, 6.07) is 0.184. The number of hydrogen-bond donors (Lipinski definition) is 0. The molecule has 1 rings (SSSR count). The monoisotopic (exact) mass is 220 g/mol. The molecule has 4 nitrogen and oxygen atoms in total. The number of hydrogen-bond acceptors (Lipinski definition) is 3. The summed E-state index contributed by atoms with van der Waals surface area (Å²) in [5, 5.41) is 0. The maximum Gasteiger partial charge on any atom is 0.211 e. The fraction of sp³-hybridized carbons (Fsp3) is 1.00. The second-order valence-corrected chi connectivity index (χ2v) is 6.59. The van der Waals surface area contributed by atoms with E-state index >= 15 is 0 Å². The van der Waals surface area contributed by atoms with Crippen molar-refractivity contribution in [3.63, 3.8) is 0 Å². The predicted octanol–water partition coefficient (Wildman–Crippen LogP) is 0.218. The molecule has 0 aromatic heterocycles. The lowest BCUT2D eigenvalue weighted by Crippen LogP contribution is -2.59. The highest BCUT2D eigenvalue weighted by molar-refractivity contribution is 7.88. The second kappa shape index (κ2) is 4.16. The van der Waals surface area contributed by atoms with Gasteiger partial charge in [-0.15, -0.1) is 0 Å². The second-order valence-electron chi connectivity index (χ2n) is 4.55. The van der Waals surface area contributed by atoms with Crippen LogP contribution in [-0.4, -0.2) is 56.6 Å².